The van der Waals surface area contributed by atoms with Gasteiger partial charge in [0.2, 0.25) is 11.8 Å². The smallest absolute Gasteiger partial charge is 0.239 e. The molecule has 0 aromatic heterocycles. The SMILES string of the molecule is NC(Cc1ccccc1)C(=O)N1CCC[C@@H](C(=O)NCCN=C2NSC3=CC=CCC32)C1. The molecule has 32 heavy (non-hydrogen) atoms. The van der Waals surface area contributed by atoms with Crippen LogP contribution in [0.5, 0.6) is 0 Å². The van der Waals surface area contributed by atoms with Crippen LogP contribution in [0.1, 0.15) is 24.8 Å². The highest BCUT2D eigenvalue weighted by atomic mass is 32.2. The Kier molecular flexibility index (Phi) is 7.65. The summed E-state index contributed by atoms with van der Waals surface area (Å²) in [7, 11) is 0. The van der Waals surface area contributed by atoms with Gasteiger partial charge in [0.15, 0.2) is 0 Å². The van der Waals surface area contributed by atoms with Gasteiger partial charge in [-0.2, -0.15) is 0 Å². The second-order valence-corrected chi connectivity index (χ2v) is 9.35. The fourth-order valence-electron chi connectivity index (χ4n) is 4.37. The Morgan fingerprint density at radius 1 is 1.31 bits per heavy atom. The third-order valence-corrected chi connectivity index (χ3v) is 7.10. The minimum atomic E-state index is -0.583. The van der Waals surface area contributed by atoms with E-state index in [-0.39, 0.29) is 17.7 Å². The number of hydrogen-bond acceptors (Lipinski definition) is 5. The molecule has 1 aromatic rings. The fraction of sp³-hybridized carbons (Fsp3) is 0.458. The van der Waals surface area contributed by atoms with Crippen molar-refractivity contribution < 1.29 is 9.59 Å². The quantitative estimate of drug-likeness (QED) is 0.433. The summed E-state index contributed by atoms with van der Waals surface area (Å²) >= 11 is 1.62. The minimum Gasteiger partial charge on any atom is -0.354 e. The van der Waals surface area contributed by atoms with E-state index in [1.165, 1.54) is 4.91 Å². The van der Waals surface area contributed by atoms with Gasteiger partial charge < -0.3 is 20.7 Å². The Bertz CT molecular complexity index is 914. The highest BCUT2D eigenvalue weighted by molar-refractivity contribution is 8.02. The number of hydrogen-bond donors (Lipinski definition) is 3. The molecule has 0 radical (unpaired) electrons. The Balaban J connectivity index is 1.22. The van der Waals surface area contributed by atoms with Crippen molar-refractivity contribution in [2.24, 2.45) is 22.6 Å². The van der Waals surface area contributed by atoms with Gasteiger partial charge in [0.05, 0.1) is 24.4 Å². The average Bonchev–Trinajstić information content (AvgIpc) is 3.25. The molecule has 1 aromatic carbocycles. The van der Waals surface area contributed by atoms with Crippen LogP contribution in [0.2, 0.25) is 0 Å². The summed E-state index contributed by atoms with van der Waals surface area (Å²) in [6.45, 7) is 2.13. The zero-order chi connectivity index (χ0) is 22.3. The summed E-state index contributed by atoms with van der Waals surface area (Å²) in [5.74, 6) is 1.05. The first-order valence-corrected chi connectivity index (χ1v) is 12.1. The molecule has 0 saturated carbocycles. The molecule has 2 aliphatic heterocycles. The monoisotopic (exact) mass is 453 g/mol. The highest BCUT2D eigenvalue weighted by Crippen LogP contribution is 2.35. The number of likely N-dealkylation sites (tertiary alicyclic amines) is 1. The van der Waals surface area contributed by atoms with Crippen molar-refractivity contribution in [1.29, 1.82) is 0 Å². The van der Waals surface area contributed by atoms with E-state index in [4.69, 9.17) is 5.73 Å². The highest BCUT2D eigenvalue weighted by Gasteiger charge is 2.31. The summed E-state index contributed by atoms with van der Waals surface area (Å²) in [6, 6.07) is 9.21. The molecule has 170 valence electrons. The van der Waals surface area contributed by atoms with Crippen LogP contribution in [0.25, 0.3) is 0 Å². The van der Waals surface area contributed by atoms with E-state index in [2.05, 4.69) is 33.3 Å². The molecule has 4 rings (SSSR count). The van der Waals surface area contributed by atoms with E-state index in [1.54, 1.807) is 16.8 Å². The third-order valence-electron chi connectivity index (χ3n) is 6.13. The van der Waals surface area contributed by atoms with Gasteiger partial charge in [0.25, 0.3) is 0 Å². The molecule has 0 spiro atoms. The van der Waals surface area contributed by atoms with E-state index in [0.29, 0.717) is 38.5 Å². The molecule has 1 aliphatic carbocycles. The summed E-state index contributed by atoms with van der Waals surface area (Å²) in [5.41, 5.74) is 7.23. The lowest BCUT2D eigenvalue weighted by Gasteiger charge is -2.33. The molecule has 2 fully saturated rings. The first-order chi connectivity index (χ1) is 15.6. The molecule has 2 amide bonds. The molecule has 0 bridgehead atoms. The second kappa shape index (κ2) is 10.8. The number of rotatable bonds is 7. The van der Waals surface area contributed by atoms with Gasteiger partial charge in [0, 0.05) is 24.5 Å². The normalized spacial score (nSPS) is 24.5. The average molecular weight is 454 g/mol. The maximum Gasteiger partial charge on any atom is 0.239 e. The number of fused-ring (bicyclic) bond motifs is 1. The molecule has 7 nitrogen and oxygen atoms in total. The van der Waals surface area contributed by atoms with E-state index in [1.807, 2.05) is 30.3 Å². The van der Waals surface area contributed by atoms with Crippen LogP contribution in [-0.4, -0.2) is 54.8 Å². The lowest BCUT2D eigenvalue weighted by Crippen LogP contribution is -2.51. The number of nitrogens with two attached hydrogens (primary N) is 1. The van der Waals surface area contributed by atoms with Crippen LogP contribution < -0.4 is 15.8 Å². The summed E-state index contributed by atoms with van der Waals surface area (Å²) in [5, 5.41) is 3.00. The van der Waals surface area contributed by atoms with Crippen molar-refractivity contribution in [3.05, 3.63) is 59.0 Å². The van der Waals surface area contributed by atoms with Gasteiger partial charge in [-0.1, -0.05) is 48.6 Å². The zero-order valence-corrected chi connectivity index (χ0v) is 19.0. The number of carbonyl (C=O) groups is 2. The van der Waals surface area contributed by atoms with E-state index < -0.39 is 6.04 Å². The van der Waals surface area contributed by atoms with E-state index >= 15 is 0 Å². The van der Waals surface area contributed by atoms with Crippen LogP contribution in [-0.2, 0) is 16.0 Å². The Labute approximate surface area is 193 Å². The largest absolute Gasteiger partial charge is 0.354 e. The van der Waals surface area contributed by atoms with E-state index in [9.17, 15) is 9.59 Å². The van der Waals surface area contributed by atoms with Gasteiger partial charge in [0.1, 0.15) is 5.84 Å². The lowest BCUT2D eigenvalue weighted by atomic mass is 9.96. The number of benzene rings is 1. The zero-order valence-electron chi connectivity index (χ0n) is 18.2. The molecular formula is C24H31N5O2S. The predicted octanol–water partition coefficient (Wildman–Crippen LogP) is 2.02. The molecule has 3 aliphatic rings. The number of amidine groups is 1. The topological polar surface area (TPSA) is 99.8 Å². The van der Waals surface area contributed by atoms with Crippen molar-refractivity contribution in [1.82, 2.24) is 14.9 Å². The predicted molar refractivity (Wildman–Crippen MR) is 129 cm³/mol. The Morgan fingerprint density at radius 2 is 2.16 bits per heavy atom. The maximum absolute atomic E-state index is 12.8. The second-order valence-electron chi connectivity index (χ2n) is 8.47. The molecular weight excluding hydrogens is 422 g/mol. The first-order valence-electron chi connectivity index (χ1n) is 11.3. The number of amides is 2. The lowest BCUT2D eigenvalue weighted by molar-refractivity contribution is -0.136. The number of nitrogens with zero attached hydrogens (tertiary/aromatic N) is 2. The van der Waals surface area contributed by atoms with Crippen molar-refractivity contribution in [3.8, 4) is 0 Å². The van der Waals surface area contributed by atoms with Crippen molar-refractivity contribution in [2.45, 2.75) is 31.7 Å². The van der Waals surface area contributed by atoms with Crippen LogP contribution in [0.15, 0.2) is 58.5 Å². The van der Waals surface area contributed by atoms with Gasteiger partial charge >= 0.3 is 0 Å². The van der Waals surface area contributed by atoms with Crippen LogP contribution >= 0.6 is 11.9 Å². The van der Waals surface area contributed by atoms with Crippen LogP contribution in [0, 0.1) is 11.8 Å². The Morgan fingerprint density at radius 3 is 3.00 bits per heavy atom. The van der Waals surface area contributed by atoms with Gasteiger partial charge in [-0.15, -0.1) is 0 Å². The van der Waals surface area contributed by atoms with Gasteiger partial charge in [-0.05, 0) is 43.2 Å². The number of nitrogens with one attached hydrogen (secondary N) is 2. The van der Waals surface area contributed by atoms with Gasteiger partial charge in [-0.25, -0.2) is 0 Å². The van der Waals surface area contributed by atoms with Crippen molar-refractivity contribution >= 4 is 29.6 Å². The molecule has 8 heteroatoms. The summed E-state index contributed by atoms with van der Waals surface area (Å²) < 4.78 is 3.29. The fourth-order valence-corrected chi connectivity index (χ4v) is 5.29. The minimum absolute atomic E-state index is 0.00530. The number of piperidine rings is 1. The molecule has 2 heterocycles. The number of aliphatic imine (C=N–C) groups is 1. The van der Waals surface area contributed by atoms with Crippen LogP contribution in [0.4, 0.5) is 0 Å². The molecule has 3 atom stereocenters. The molecule has 4 N–H and O–H groups in total. The van der Waals surface area contributed by atoms with Crippen molar-refractivity contribution in [3.63, 3.8) is 0 Å². The third kappa shape index (κ3) is 5.61. The van der Waals surface area contributed by atoms with Crippen molar-refractivity contribution in [2.75, 3.05) is 26.2 Å². The van der Waals surface area contributed by atoms with E-state index in [0.717, 1.165) is 30.7 Å². The van der Waals surface area contributed by atoms with Gasteiger partial charge in [-0.3, -0.25) is 14.6 Å². The number of allylic oxidation sites excluding steroid dienone is 3. The number of carbonyl (C=O) groups excluding carboxylic acids is 2. The summed E-state index contributed by atoms with van der Waals surface area (Å²) in [4.78, 5) is 33.2. The molecule has 2 unspecified atom stereocenters. The molecule has 2 saturated heterocycles. The summed E-state index contributed by atoms with van der Waals surface area (Å²) in [6.07, 6.45) is 9.44. The maximum atomic E-state index is 12.8. The standard InChI is InChI=1S/C24H31N5O2S/c25-20(15-17-7-2-1-3-8-17)24(31)29-14-6-9-18(16-29)23(30)27-13-12-26-22-19-10-4-5-11-21(19)32-28-22/h1-5,7-8,11,18-20H,6,9-10,12-16,25H2,(H,26,28)(H,27,30)/t18-,19?,20?/m1/s1. The Hall–Kier alpha value is -2.58. The van der Waals surface area contributed by atoms with Crippen LogP contribution in [0.3, 0.4) is 0 Å². The first kappa shape index (κ1) is 22.6.